The normalized spacial score (nSPS) is 32.2. The molecular weight excluding hydrogens is 284 g/mol. The Balaban J connectivity index is 2.81. The molecule has 10 heteroatoms. The quantitative estimate of drug-likeness (QED) is 0.404. The molecule has 9 nitrogen and oxygen atoms in total. The third-order valence-corrected chi connectivity index (χ3v) is 2.93. The van der Waals surface area contributed by atoms with Gasteiger partial charge in [-0.3, -0.25) is 4.18 Å². The Hall–Kier alpha value is -0.780. The molecule has 0 bridgehead atoms. The summed E-state index contributed by atoms with van der Waals surface area (Å²) in [6.45, 7) is 1.29. The van der Waals surface area contributed by atoms with Gasteiger partial charge in [-0.1, -0.05) is 6.92 Å². The Morgan fingerprint density at radius 1 is 1.53 bits per heavy atom. The monoisotopic (exact) mass is 298 g/mol. The Morgan fingerprint density at radius 3 is 2.63 bits per heavy atom. The smallest absolute Gasteiger partial charge is 0.218 e. The third-order valence-electron chi connectivity index (χ3n) is 2.44. The highest BCUT2D eigenvalue weighted by Crippen LogP contribution is 2.21. The van der Waals surface area contributed by atoms with E-state index >= 15 is 0 Å². The molecule has 0 aromatic rings. The predicted octanol–water partition coefficient (Wildman–Crippen LogP) is -2.86. The molecule has 1 rings (SSSR count). The van der Waals surface area contributed by atoms with Crippen LogP contribution in [0.15, 0.2) is 0 Å². The molecule has 0 radical (unpaired) electrons. The summed E-state index contributed by atoms with van der Waals surface area (Å²) in [6, 6.07) is 0. The first-order chi connectivity index (χ1) is 8.76. The van der Waals surface area contributed by atoms with Crippen LogP contribution in [0.4, 0.5) is 0 Å². The number of carboxylic acid groups (broad SMARTS) is 1. The van der Waals surface area contributed by atoms with Crippen molar-refractivity contribution < 1.29 is 41.6 Å². The van der Waals surface area contributed by atoms with Gasteiger partial charge in [-0.25, -0.2) is 8.42 Å². The lowest BCUT2D eigenvalue weighted by molar-refractivity contribution is -0.329. The summed E-state index contributed by atoms with van der Waals surface area (Å²) in [6.07, 6.45) is -5.54. The highest BCUT2D eigenvalue weighted by Gasteiger charge is 2.42. The van der Waals surface area contributed by atoms with E-state index < -0.39 is 47.4 Å². The summed E-state index contributed by atoms with van der Waals surface area (Å²) < 4.78 is 45.4. The van der Waals surface area contributed by atoms with E-state index in [9.17, 15) is 28.0 Å². The van der Waals surface area contributed by atoms with Gasteiger partial charge in [0.2, 0.25) is 10.4 Å². The molecule has 19 heavy (non-hydrogen) atoms. The number of aliphatic hydroxyl groups excluding tert-OH is 1. The molecule has 4 atom stereocenters. The van der Waals surface area contributed by atoms with Crippen molar-refractivity contribution in [2.75, 3.05) is 13.2 Å². The van der Waals surface area contributed by atoms with Gasteiger partial charge in [0.25, 0.3) is 0 Å². The van der Waals surface area contributed by atoms with E-state index in [4.69, 9.17) is 9.47 Å². The van der Waals surface area contributed by atoms with Crippen LogP contribution >= 0.6 is 0 Å². The van der Waals surface area contributed by atoms with E-state index in [1.54, 1.807) is 6.92 Å². The van der Waals surface area contributed by atoms with Crippen LogP contribution in [0.1, 0.15) is 13.3 Å². The lowest BCUT2D eigenvalue weighted by Crippen LogP contribution is -2.60. The topological polar surface area (TPSA) is 145 Å². The van der Waals surface area contributed by atoms with Crippen LogP contribution in [0.5, 0.6) is 0 Å². The summed E-state index contributed by atoms with van der Waals surface area (Å²) in [5.41, 5.74) is 0. The van der Waals surface area contributed by atoms with E-state index in [-0.39, 0.29) is 6.61 Å². The van der Waals surface area contributed by atoms with Gasteiger partial charge in [0.15, 0.2) is 0 Å². The van der Waals surface area contributed by atoms with Crippen LogP contribution in [0.2, 0.25) is 0 Å². The Morgan fingerprint density at radius 2 is 2.16 bits per heavy atom. The lowest BCUT2D eigenvalue weighted by atomic mass is 10.00. The van der Waals surface area contributed by atoms with Crippen LogP contribution in [0.25, 0.3) is 0 Å². The molecule has 0 amide bonds. The second kappa shape index (κ2) is 6.59. The van der Waals surface area contributed by atoms with Crippen LogP contribution < -0.4 is 5.11 Å². The first-order valence-corrected chi connectivity index (χ1v) is 6.85. The van der Waals surface area contributed by atoms with E-state index in [0.717, 1.165) is 0 Å². The van der Waals surface area contributed by atoms with Crippen LogP contribution in [-0.2, 0) is 28.9 Å². The van der Waals surface area contributed by atoms with Crippen molar-refractivity contribution in [3.05, 3.63) is 0 Å². The zero-order valence-corrected chi connectivity index (χ0v) is 10.9. The largest absolute Gasteiger partial charge is 0.726 e. The van der Waals surface area contributed by atoms with Gasteiger partial charge < -0.3 is 29.0 Å². The molecule has 0 aliphatic carbocycles. The van der Waals surface area contributed by atoms with Gasteiger partial charge in [0.05, 0.1) is 12.6 Å². The minimum atomic E-state index is -5.05. The number of ether oxygens (including phenoxy) is 2. The number of hydrogen-bond donors (Lipinski definition) is 1. The van der Waals surface area contributed by atoms with Crippen LogP contribution in [0.3, 0.4) is 0 Å². The number of carbonyl (C=O) groups excluding carboxylic acids is 1. The predicted molar refractivity (Wildman–Crippen MR) is 55.4 cm³/mol. The summed E-state index contributed by atoms with van der Waals surface area (Å²) >= 11 is 0. The molecule has 1 N–H and O–H groups in total. The van der Waals surface area contributed by atoms with E-state index in [0.29, 0.717) is 6.42 Å². The van der Waals surface area contributed by atoms with Crippen molar-refractivity contribution in [1.82, 2.24) is 0 Å². The molecule has 0 aromatic carbocycles. The van der Waals surface area contributed by atoms with Crippen molar-refractivity contribution in [3.63, 3.8) is 0 Å². The molecule has 1 aliphatic heterocycles. The zero-order valence-electron chi connectivity index (χ0n) is 10.1. The molecule has 2 unspecified atom stereocenters. The first-order valence-electron chi connectivity index (χ1n) is 5.52. The van der Waals surface area contributed by atoms with Crippen LogP contribution in [-0.4, -0.2) is 61.7 Å². The molecule has 1 heterocycles. The van der Waals surface area contributed by atoms with Gasteiger partial charge in [-0.2, -0.15) is 0 Å². The number of aliphatic carboxylic acids is 1. The summed E-state index contributed by atoms with van der Waals surface area (Å²) in [7, 11) is -5.05. The van der Waals surface area contributed by atoms with Gasteiger partial charge in [-0.15, -0.1) is 0 Å². The first kappa shape index (κ1) is 16.3. The Labute approximate surface area is 110 Å². The number of aliphatic hydroxyl groups is 1. The Kier molecular flexibility index (Phi) is 5.64. The molecule has 1 fully saturated rings. The summed E-state index contributed by atoms with van der Waals surface area (Å²) in [5, 5.41) is 20.6. The van der Waals surface area contributed by atoms with E-state index in [1.165, 1.54) is 0 Å². The molecule has 1 aliphatic rings. The maximum atomic E-state index is 10.8. The fourth-order valence-corrected chi connectivity index (χ4v) is 2.13. The maximum Gasteiger partial charge on any atom is 0.218 e. The standard InChI is InChI=1S/C9H16O9S/c1-2-3-16-7-6(10)5(18-19(13,14)15)4-17-8(7)9(11)12/h5-8,10H,2-4H2,1H3,(H,11,12)(H,13,14,15)/p-2/t5?,6-,7-,8?/m1/s1. The highest BCUT2D eigenvalue weighted by atomic mass is 32.3. The minimum absolute atomic E-state index is 0.117. The molecule has 1 saturated heterocycles. The average Bonchev–Trinajstić information content (AvgIpc) is 2.28. The van der Waals surface area contributed by atoms with Gasteiger partial charge in [0.1, 0.15) is 24.4 Å². The Bertz CT molecular complexity index is 406. The van der Waals surface area contributed by atoms with Crippen molar-refractivity contribution >= 4 is 16.4 Å². The fourth-order valence-electron chi connectivity index (χ4n) is 1.66. The summed E-state index contributed by atoms with van der Waals surface area (Å²) in [4.78, 5) is 10.8. The highest BCUT2D eigenvalue weighted by molar-refractivity contribution is 7.80. The van der Waals surface area contributed by atoms with Gasteiger partial charge >= 0.3 is 0 Å². The molecular formula is C9H14O9S-2. The zero-order chi connectivity index (χ0) is 14.6. The molecule has 0 spiro atoms. The number of carbonyl (C=O) groups is 1. The SMILES string of the molecule is CCCO[C@H]1C(C(=O)[O-])OCC(OS(=O)(=O)[O-])[C@H]1O. The van der Waals surface area contributed by atoms with E-state index in [1.807, 2.05) is 0 Å². The third kappa shape index (κ3) is 4.67. The molecule has 0 saturated carbocycles. The number of rotatable bonds is 6. The second-order valence-corrected chi connectivity index (χ2v) is 4.95. The number of carboxylic acids is 1. The van der Waals surface area contributed by atoms with Crippen molar-refractivity contribution in [2.45, 2.75) is 37.8 Å². The number of hydrogen-bond acceptors (Lipinski definition) is 9. The van der Waals surface area contributed by atoms with Gasteiger partial charge in [0, 0.05) is 6.61 Å². The molecule has 0 aromatic heterocycles. The minimum Gasteiger partial charge on any atom is -0.726 e. The van der Waals surface area contributed by atoms with Crippen molar-refractivity contribution in [2.24, 2.45) is 0 Å². The van der Waals surface area contributed by atoms with Crippen molar-refractivity contribution in [1.29, 1.82) is 0 Å². The lowest BCUT2D eigenvalue weighted by Gasteiger charge is -2.40. The van der Waals surface area contributed by atoms with E-state index in [2.05, 4.69) is 4.18 Å². The summed E-state index contributed by atoms with van der Waals surface area (Å²) in [5.74, 6) is -1.61. The molecule has 112 valence electrons. The second-order valence-electron chi connectivity index (χ2n) is 3.94. The van der Waals surface area contributed by atoms with Gasteiger partial charge in [-0.05, 0) is 6.42 Å². The van der Waals surface area contributed by atoms with Crippen LogP contribution in [0, 0.1) is 0 Å². The average molecular weight is 298 g/mol. The fraction of sp³-hybridized carbons (Fsp3) is 0.889. The maximum absolute atomic E-state index is 10.8. The van der Waals surface area contributed by atoms with Crippen molar-refractivity contribution in [3.8, 4) is 0 Å².